The van der Waals surface area contributed by atoms with Gasteiger partial charge in [0.05, 0.1) is 17.9 Å². The Kier molecular flexibility index (Phi) is 5.36. The number of rotatable bonds is 6. The lowest BCUT2D eigenvalue weighted by Gasteiger charge is -2.14. The summed E-state index contributed by atoms with van der Waals surface area (Å²) < 4.78 is 8.42. The minimum Gasteiger partial charge on any atom is -0.493 e. The van der Waals surface area contributed by atoms with Crippen LogP contribution in [0.2, 0.25) is 0 Å². The van der Waals surface area contributed by atoms with Crippen molar-refractivity contribution >= 4 is 28.7 Å². The summed E-state index contributed by atoms with van der Waals surface area (Å²) in [6.07, 6.45) is 0. The van der Waals surface area contributed by atoms with Gasteiger partial charge in [-0.1, -0.05) is 24.3 Å². The highest BCUT2D eigenvalue weighted by atomic mass is 32.1. The maximum Gasteiger partial charge on any atom is 0.200 e. The van der Waals surface area contributed by atoms with Crippen LogP contribution in [0.4, 0.5) is 5.69 Å². The number of hydrogen-bond acceptors (Lipinski definition) is 4. The van der Waals surface area contributed by atoms with Gasteiger partial charge in [0.1, 0.15) is 5.75 Å². The average molecular weight is 405 g/mol. The van der Waals surface area contributed by atoms with Crippen LogP contribution >= 0.6 is 12.2 Å². The van der Waals surface area contributed by atoms with E-state index in [2.05, 4.69) is 65.8 Å². The van der Waals surface area contributed by atoms with E-state index in [0.717, 1.165) is 51.4 Å². The Bertz CT molecular complexity index is 1230. The van der Waals surface area contributed by atoms with Crippen molar-refractivity contribution in [2.45, 2.75) is 20.8 Å². The van der Waals surface area contributed by atoms with E-state index in [0.29, 0.717) is 11.4 Å². The Morgan fingerprint density at radius 3 is 2.76 bits per heavy atom. The molecule has 6 heteroatoms. The molecule has 29 heavy (non-hydrogen) atoms. The topological polar surface area (TPSA) is 54.9 Å². The van der Waals surface area contributed by atoms with Gasteiger partial charge in [0.2, 0.25) is 0 Å². The molecule has 0 saturated heterocycles. The maximum atomic E-state index is 5.89. The molecule has 0 fully saturated rings. The summed E-state index contributed by atoms with van der Waals surface area (Å²) in [6.45, 7) is 7.60. The molecule has 0 unspecified atom stereocenters. The number of aromatic amines is 1. The van der Waals surface area contributed by atoms with Crippen LogP contribution in [0.5, 0.6) is 5.75 Å². The predicted molar refractivity (Wildman–Crippen MR) is 122 cm³/mol. The second kappa shape index (κ2) is 8.09. The number of fused-ring (bicyclic) bond motifs is 1. The summed E-state index contributed by atoms with van der Waals surface area (Å²) >= 11 is 5.61. The molecule has 0 spiro atoms. The first-order chi connectivity index (χ1) is 14.1. The number of benzene rings is 3. The number of anilines is 1. The molecule has 0 aliphatic carbocycles. The molecule has 1 aromatic heterocycles. The smallest absolute Gasteiger partial charge is 0.200 e. The van der Waals surface area contributed by atoms with Gasteiger partial charge in [-0.25, -0.2) is 0 Å². The molecular formula is C23H24N4OS. The highest BCUT2D eigenvalue weighted by Crippen LogP contribution is 2.33. The number of hydrogen-bond donors (Lipinski definition) is 2. The van der Waals surface area contributed by atoms with Crippen molar-refractivity contribution in [2.24, 2.45) is 0 Å². The molecule has 0 radical (unpaired) electrons. The van der Waals surface area contributed by atoms with Gasteiger partial charge in [-0.3, -0.25) is 9.67 Å². The molecule has 0 aliphatic rings. The monoisotopic (exact) mass is 404 g/mol. The molecule has 148 valence electrons. The summed E-state index contributed by atoms with van der Waals surface area (Å²) in [5.74, 6) is 1.54. The minimum atomic E-state index is 0.547. The van der Waals surface area contributed by atoms with Gasteiger partial charge >= 0.3 is 0 Å². The summed E-state index contributed by atoms with van der Waals surface area (Å²) in [5.41, 5.74) is 4.14. The third kappa shape index (κ3) is 3.63. The molecular weight excluding hydrogens is 380 g/mol. The van der Waals surface area contributed by atoms with Crippen molar-refractivity contribution in [1.29, 1.82) is 0 Å². The lowest BCUT2D eigenvalue weighted by molar-refractivity contribution is 0.341. The van der Waals surface area contributed by atoms with Gasteiger partial charge < -0.3 is 10.1 Å². The largest absolute Gasteiger partial charge is 0.493 e. The highest BCUT2D eigenvalue weighted by Gasteiger charge is 2.17. The molecule has 4 aromatic rings. The van der Waals surface area contributed by atoms with E-state index in [4.69, 9.17) is 17.0 Å². The van der Waals surface area contributed by atoms with Crippen LogP contribution in [0.3, 0.4) is 0 Å². The molecule has 0 saturated carbocycles. The van der Waals surface area contributed by atoms with Crippen molar-refractivity contribution in [3.05, 3.63) is 64.9 Å². The Morgan fingerprint density at radius 2 is 1.97 bits per heavy atom. The predicted octanol–water partition coefficient (Wildman–Crippen LogP) is 5.89. The van der Waals surface area contributed by atoms with E-state index >= 15 is 0 Å². The minimum absolute atomic E-state index is 0.547. The van der Waals surface area contributed by atoms with Gasteiger partial charge in [0.25, 0.3) is 0 Å². The van der Waals surface area contributed by atoms with Gasteiger partial charge in [-0.15, -0.1) is 0 Å². The van der Waals surface area contributed by atoms with Crippen molar-refractivity contribution < 1.29 is 4.74 Å². The molecule has 4 rings (SSSR count). The van der Waals surface area contributed by atoms with Crippen LogP contribution < -0.4 is 10.1 Å². The van der Waals surface area contributed by atoms with Gasteiger partial charge in [0.15, 0.2) is 10.6 Å². The number of aromatic nitrogens is 3. The van der Waals surface area contributed by atoms with Crippen molar-refractivity contribution in [3.63, 3.8) is 0 Å². The molecule has 2 N–H and O–H groups in total. The molecule has 3 aromatic carbocycles. The van der Waals surface area contributed by atoms with E-state index in [-0.39, 0.29) is 0 Å². The fraction of sp³-hybridized carbons (Fsp3) is 0.217. The van der Waals surface area contributed by atoms with Crippen LogP contribution in [-0.2, 0) is 0 Å². The number of ether oxygens (including phenoxy) is 1. The molecule has 1 heterocycles. The number of aryl methyl sites for hydroxylation is 1. The lowest BCUT2D eigenvalue weighted by Crippen LogP contribution is -2.02. The van der Waals surface area contributed by atoms with E-state index in [1.807, 2.05) is 29.7 Å². The zero-order valence-corrected chi connectivity index (χ0v) is 17.6. The summed E-state index contributed by atoms with van der Waals surface area (Å²) in [6, 6.07) is 18.7. The zero-order valence-electron chi connectivity index (χ0n) is 16.8. The second-order valence-corrected chi connectivity index (χ2v) is 7.25. The van der Waals surface area contributed by atoms with Crippen LogP contribution in [-0.4, -0.2) is 27.9 Å². The molecule has 0 bridgehead atoms. The Labute approximate surface area is 175 Å². The molecule has 0 amide bonds. The van der Waals surface area contributed by atoms with E-state index in [1.54, 1.807) is 0 Å². The molecule has 5 nitrogen and oxygen atoms in total. The van der Waals surface area contributed by atoms with Crippen LogP contribution in [0.1, 0.15) is 19.4 Å². The Hall–Kier alpha value is -3.12. The highest BCUT2D eigenvalue weighted by molar-refractivity contribution is 7.71. The first-order valence-corrected chi connectivity index (χ1v) is 10.2. The van der Waals surface area contributed by atoms with Gasteiger partial charge in [-0.2, -0.15) is 5.10 Å². The fourth-order valence-corrected chi connectivity index (χ4v) is 3.80. The number of H-pyrrole nitrogens is 1. The quantitative estimate of drug-likeness (QED) is 0.394. The lowest BCUT2D eigenvalue weighted by atomic mass is 10.1. The van der Waals surface area contributed by atoms with Crippen LogP contribution in [0.15, 0.2) is 54.6 Å². The zero-order chi connectivity index (χ0) is 20.4. The molecule has 0 aliphatic heterocycles. The van der Waals surface area contributed by atoms with E-state index in [1.165, 1.54) is 0 Å². The van der Waals surface area contributed by atoms with Gasteiger partial charge in [0, 0.05) is 17.6 Å². The van der Waals surface area contributed by atoms with Gasteiger partial charge in [-0.05, 0) is 74.3 Å². The van der Waals surface area contributed by atoms with Crippen molar-refractivity contribution in [3.8, 4) is 22.8 Å². The standard InChI is InChI=1S/C23H24N4OS/c1-4-24-17-10-12-18-16(14-17)7-6-8-20(18)27-22(25-26-23(27)29)19-11-9-15(3)13-21(19)28-5-2/h6-14,24H,4-5H2,1-3H3,(H,26,29). The summed E-state index contributed by atoms with van der Waals surface area (Å²) in [4.78, 5) is 0. The van der Waals surface area contributed by atoms with Crippen LogP contribution in [0.25, 0.3) is 27.8 Å². The first-order valence-electron chi connectivity index (χ1n) is 9.80. The maximum absolute atomic E-state index is 5.89. The summed E-state index contributed by atoms with van der Waals surface area (Å²) in [5, 5.41) is 13.1. The Balaban J connectivity index is 1.93. The summed E-state index contributed by atoms with van der Waals surface area (Å²) in [7, 11) is 0. The average Bonchev–Trinajstić information content (AvgIpc) is 3.09. The number of nitrogens with one attached hydrogen (secondary N) is 2. The van der Waals surface area contributed by atoms with Crippen molar-refractivity contribution in [2.75, 3.05) is 18.5 Å². The fourth-order valence-electron chi connectivity index (χ4n) is 3.57. The SMILES string of the molecule is CCNc1ccc2c(-n3c(-c4ccc(C)cc4OCC)n[nH]c3=S)cccc2c1. The van der Waals surface area contributed by atoms with Crippen LogP contribution in [0, 0.1) is 11.7 Å². The third-order valence-corrected chi connectivity index (χ3v) is 5.10. The number of nitrogens with zero attached hydrogens (tertiary/aromatic N) is 2. The van der Waals surface area contributed by atoms with E-state index in [9.17, 15) is 0 Å². The first kappa shape index (κ1) is 19.2. The third-order valence-electron chi connectivity index (χ3n) is 4.83. The van der Waals surface area contributed by atoms with E-state index < -0.39 is 0 Å². The second-order valence-electron chi connectivity index (χ2n) is 6.86. The molecule has 0 atom stereocenters. The normalized spacial score (nSPS) is 11.0. The Morgan fingerprint density at radius 1 is 1.10 bits per heavy atom. The van der Waals surface area contributed by atoms with Crippen molar-refractivity contribution in [1.82, 2.24) is 14.8 Å².